The fourth-order valence-corrected chi connectivity index (χ4v) is 9.58. The Bertz CT molecular complexity index is 3270. The van der Waals surface area contributed by atoms with Crippen molar-refractivity contribution in [3.05, 3.63) is 217 Å². The van der Waals surface area contributed by atoms with Gasteiger partial charge >= 0.3 is 0 Å². The molecular weight excluding hydrogens is 757 g/mol. The second-order valence-corrected chi connectivity index (χ2v) is 16.3. The summed E-state index contributed by atoms with van der Waals surface area (Å²) in [5.74, 6) is 1.76. The summed E-state index contributed by atoms with van der Waals surface area (Å²) in [6, 6.07) is 73.6. The van der Waals surface area contributed by atoms with Crippen molar-refractivity contribution in [1.29, 1.82) is 0 Å². The van der Waals surface area contributed by atoms with Gasteiger partial charge in [0.1, 0.15) is 22.7 Å². The van der Waals surface area contributed by atoms with Crippen LogP contribution < -0.4 is 35.8 Å². The summed E-state index contributed by atoms with van der Waals surface area (Å²) in [5, 5.41) is 2.22. The molecule has 0 aliphatic carbocycles. The smallest absolute Gasteiger partial charge is 0.256 e. The third-order valence-corrected chi connectivity index (χ3v) is 12.5. The van der Waals surface area contributed by atoms with Gasteiger partial charge in [0, 0.05) is 74.1 Å². The first-order chi connectivity index (χ1) is 30.6. The van der Waals surface area contributed by atoms with Crippen LogP contribution in [-0.4, -0.2) is 6.71 Å². The largest absolute Gasteiger partial charge is 0.458 e. The van der Waals surface area contributed by atoms with Gasteiger partial charge in [-0.1, -0.05) is 109 Å². The van der Waals surface area contributed by atoms with Crippen molar-refractivity contribution < 1.29 is 9.15 Å². The van der Waals surface area contributed by atoms with Crippen molar-refractivity contribution in [3.63, 3.8) is 0 Å². The molecule has 0 bridgehead atoms. The molecule has 1 aromatic heterocycles. The van der Waals surface area contributed by atoms with E-state index in [0.29, 0.717) is 0 Å². The molecule has 0 saturated heterocycles. The number of hydrogen-bond acceptors (Lipinski definition) is 5. The van der Waals surface area contributed by atoms with Crippen LogP contribution >= 0.6 is 0 Å². The predicted molar refractivity (Wildman–Crippen MR) is 258 cm³/mol. The van der Waals surface area contributed by atoms with E-state index in [4.69, 9.17) is 9.15 Å². The minimum atomic E-state index is -0.0664. The Morgan fingerprint density at radius 1 is 0.435 bits per heavy atom. The molecule has 0 atom stereocenters. The normalized spacial score (nSPS) is 12.4. The molecule has 2 aliphatic heterocycles. The van der Waals surface area contributed by atoms with Gasteiger partial charge < -0.3 is 23.9 Å². The minimum Gasteiger partial charge on any atom is -0.458 e. The highest BCUT2D eigenvalue weighted by atomic mass is 16.5. The van der Waals surface area contributed by atoms with Crippen LogP contribution in [0.2, 0.25) is 0 Å². The molecule has 0 radical (unpaired) electrons. The van der Waals surface area contributed by atoms with Gasteiger partial charge in [-0.2, -0.15) is 0 Å². The topological polar surface area (TPSA) is 32.1 Å². The number of para-hydroxylation sites is 4. The lowest BCUT2D eigenvalue weighted by molar-refractivity contribution is 0.484. The average molecular weight is 798 g/mol. The van der Waals surface area contributed by atoms with Crippen molar-refractivity contribution in [2.24, 2.45) is 0 Å². The summed E-state index contributed by atoms with van der Waals surface area (Å²) in [7, 11) is 0. The molecule has 3 heterocycles. The maximum Gasteiger partial charge on any atom is 0.256 e. The molecule has 0 spiro atoms. The average Bonchev–Trinajstić information content (AvgIpc) is 3.69. The molecule has 9 aromatic carbocycles. The summed E-state index contributed by atoms with van der Waals surface area (Å²) < 4.78 is 13.6. The summed E-state index contributed by atoms with van der Waals surface area (Å²) in [6.07, 6.45) is 0. The van der Waals surface area contributed by atoms with E-state index < -0.39 is 0 Å². The Balaban J connectivity index is 1.04. The zero-order chi connectivity index (χ0) is 41.3. The van der Waals surface area contributed by atoms with E-state index in [9.17, 15) is 0 Å². The molecule has 5 nitrogen and oxygen atoms in total. The van der Waals surface area contributed by atoms with E-state index in [2.05, 4.69) is 223 Å². The van der Waals surface area contributed by atoms with Gasteiger partial charge in [0.15, 0.2) is 0 Å². The summed E-state index contributed by atoms with van der Waals surface area (Å²) in [5.41, 5.74) is 17.3. The Hall–Kier alpha value is -7.96. The zero-order valence-corrected chi connectivity index (χ0v) is 34.4. The summed E-state index contributed by atoms with van der Waals surface area (Å²) >= 11 is 0. The van der Waals surface area contributed by atoms with Crippen LogP contribution in [0.3, 0.4) is 0 Å². The van der Waals surface area contributed by atoms with E-state index in [-0.39, 0.29) is 6.71 Å². The second-order valence-electron chi connectivity index (χ2n) is 16.3. The molecule has 6 heteroatoms. The Morgan fingerprint density at radius 2 is 1.00 bits per heavy atom. The lowest BCUT2D eigenvalue weighted by Crippen LogP contribution is -2.59. The van der Waals surface area contributed by atoms with Crippen LogP contribution in [0, 0.1) is 13.8 Å². The first kappa shape index (κ1) is 35.9. The number of ether oxygens (including phenoxy) is 1. The van der Waals surface area contributed by atoms with E-state index in [1.54, 1.807) is 0 Å². The van der Waals surface area contributed by atoms with Crippen LogP contribution in [0.25, 0.3) is 21.9 Å². The fourth-order valence-electron chi connectivity index (χ4n) is 9.58. The van der Waals surface area contributed by atoms with Gasteiger partial charge in [-0.3, -0.25) is 0 Å². The monoisotopic (exact) mass is 797 g/mol. The molecular formula is C56H40BN3O2. The highest BCUT2D eigenvalue weighted by Gasteiger charge is 2.43. The van der Waals surface area contributed by atoms with Crippen LogP contribution in [0.15, 0.2) is 211 Å². The number of hydrogen-bond donors (Lipinski definition) is 0. The van der Waals surface area contributed by atoms with E-state index in [1.807, 2.05) is 12.1 Å². The Labute approximate surface area is 361 Å². The molecule has 2 aliphatic rings. The van der Waals surface area contributed by atoms with Gasteiger partial charge in [-0.05, 0) is 127 Å². The van der Waals surface area contributed by atoms with Crippen LogP contribution in [0.1, 0.15) is 11.1 Å². The lowest BCUT2D eigenvalue weighted by atomic mass is 9.34. The van der Waals surface area contributed by atoms with Crippen LogP contribution in [-0.2, 0) is 0 Å². The van der Waals surface area contributed by atoms with Crippen LogP contribution in [0.4, 0.5) is 51.2 Å². The number of anilines is 9. The summed E-state index contributed by atoms with van der Waals surface area (Å²) in [6.45, 7) is 4.22. The number of fused-ring (bicyclic) bond motifs is 7. The van der Waals surface area contributed by atoms with E-state index in [0.717, 1.165) is 95.7 Å². The van der Waals surface area contributed by atoms with Crippen LogP contribution in [0.5, 0.6) is 11.5 Å². The van der Waals surface area contributed by atoms with Crippen molar-refractivity contribution in [1.82, 2.24) is 0 Å². The first-order valence-corrected chi connectivity index (χ1v) is 21.2. The molecule has 294 valence electrons. The maximum atomic E-state index is 7.14. The number of furan rings is 1. The fraction of sp³-hybridized carbons (Fsp3) is 0.0357. The molecule has 0 saturated carbocycles. The van der Waals surface area contributed by atoms with Crippen molar-refractivity contribution >= 4 is 96.2 Å². The highest BCUT2D eigenvalue weighted by Crippen LogP contribution is 2.46. The third-order valence-electron chi connectivity index (χ3n) is 12.5. The van der Waals surface area contributed by atoms with Gasteiger partial charge in [0.25, 0.3) is 6.71 Å². The lowest BCUT2D eigenvalue weighted by Gasteiger charge is -2.41. The molecule has 0 N–H and O–H groups in total. The maximum absolute atomic E-state index is 7.14. The van der Waals surface area contributed by atoms with Crippen molar-refractivity contribution in [2.45, 2.75) is 13.8 Å². The third kappa shape index (κ3) is 5.79. The Kier molecular flexibility index (Phi) is 8.32. The van der Waals surface area contributed by atoms with Crippen molar-refractivity contribution in [3.8, 4) is 11.5 Å². The van der Waals surface area contributed by atoms with Crippen molar-refractivity contribution in [2.75, 3.05) is 14.7 Å². The molecule has 12 rings (SSSR count). The van der Waals surface area contributed by atoms with Gasteiger partial charge in [0.2, 0.25) is 0 Å². The van der Waals surface area contributed by atoms with Gasteiger partial charge in [0.05, 0.1) is 0 Å². The number of aryl methyl sites for hydroxylation is 2. The zero-order valence-electron chi connectivity index (χ0n) is 34.4. The predicted octanol–water partition coefficient (Wildman–Crippen LogP) is 13.5. The quantitative estimate of drug-likeness (QED) is 0.150. The molecule has 0 amide bonds. The summed E-state index contributed by atoms with van der Waals surface area (Å²) in [4.78, 5) is 7.05. The number of nitrogens with zero attached hydrogens (tertiary/aromatic N) is 3. The molecule has 62 heavy (non-hydrogen) atoms. The number of rotatable bonds is 7. The van der Waals surface area contributed by atoms with E-state index in [1.165, 1.54) is 16.5 Å². The van der Waals surface area contributed by atoms with E-state index >= 15 is 0 Å². The SMILES string of the molecule is Cc1ccc(N(c2ccc3c(c2)Oc2c(C)ccc4c2B3c2ccc(N(c3ccccc3)c3ccccc3)cc2N4c2ccccc2)c2ccc3c(c2)oc2ccccc23)cc1. The minimum absolute atomic E-state index is 0.0664. The first-order valence-electron chi connectivity index (χ1n) is 21.2. The van der Waals surface area contributed by atoms with Gasteiger partial charge in [-0.25, -0.2) is 0 Å². The highest BCUT2D eigenvalue weighted by molar-refractivity contribution is 6.99. The standard InChI is InChI=1S/C56H40BN3O2/c1-37-22-25-42(26-23-37)59(44-27-30-47-46-20-12-13-21-52(46)61-53(47)35-44)45-29-32-49-54(36-45)62-56-38(2)24-33-50-55(56)57(49)48-31-28-43(34-51(48)60(50)41-18-10-5-11-19-41)58(39-14-6-3-7-15-39)40-16-8-4-9-17-40/h3-36H,1-2H3. The molecule has 10 aromatic rings. The Morgan fingerprint density at radius 3 is 1.74 bits per heavy atom. The second kappa shape index (κ2) is 14.4. The molecule has 0 unspecified atom stereocenters. The molecule has 0 fully saturated rings. The van der Waals surface area contributed by atoms with Gasteiger partial charge in [-0.15, -0.1) is 0 Å². The number of benzene rings is 9.